The Bertz CT molecular complexity index is 381. The van der Waals surface area contributed by atoms with Crippen molar-refractivity contribution in [1.29, 1.82) is 0 Å². The van der Waals surface area contributed by atoms with Crippen LogP contribution >= 0.6 is 40.7 Å². The van der Waals surface area contributed by atoms with E-state index in [1.807, 2.05) is 6.08 Å². The molecule has 0 saturated carbocycles. The molecule has 0 bridgehead atoms. The molecule has 1 fully saturated rings. The summed E-state index contributed by atoms with van der Waals surface area (Å²) in [7, 11) is 0. The van der Waals surface area contributed by atoms with Crippen molar-refractivity contribution >= 4 is 40.7 Å². The van der Waals surface area contributed by atoms with Crippen molar-refractivity contribution in [3.63, 3.8) is 0 Å². The average molecular weight is 368 g/mol. The minimum atomic E-state index is 0. The van der Waals surface area contributed by atoms with E-state index < -0.39 is 0 Å². The highest BCUT2D eigenvalue weighted by atomic mass is 79.9. The molecule has 1 aromatic carbocycles. The van der Waals surface area contributed by atoms with E-state index in [-0.39, 0.29) is 24.8 Å². The van der Waals surface area contributed by atoms with Gasteiger partial charge in [0.05, 0.1) is 0 Å². The fourth-order valence-corrected chi connectivity index (χ4v) is 2.92. The number of piperazine rings is 1. The van der Waals surface area contributed by atoms with Gasteiger partial charge in [0.15, 0.2) is 0 Å². The van der Waals surface area contributed by atoms with E-state index >= 15 is 0 Å². The van der Waals surface area contributed by atoms with Crippen LogP contribution in [0.15, 0.2) is 41.4 Å². The molecule has 1 N–H and O–H groups in total. The third-order valence-corrected chi connectivity index (χ3v) is 3.97. The predicted molar refractivity (Wildman–Crippen MR) is 90.6 cm³/mol. The minimum absolute atomic E-state index is 0. The Kier molecular flexibility index (Phi) is 9.75. The lowest BCUT2D eigenvalue weighted by Crippen LogP contribution is -2.45. The summed E-state index contributed by atoms with van der Waals surface area (Å²) in [5, 5.41) is 3.40. The smallest absolute Gasteiger partial charge is 0.0394 e. The minimum Gasteiger partial charge on any atom is -0.314 e. The van der Waals surface area contributed by atoms with Crippen molar-refractivity contribution in [3.05, 3.63) is 47.0 Å². The van der Waals surface area contributed by atoms with Gasteiger partial charge in [-0.1, -0.05) is 40.2 Å². The van der Waals surface area contributed by atoms with Crippen LogP contribution in [0.1, 0.15) is 18.0 Å². The third-order valence-electron chi connectivity index (χ3n) is 3.25. The molecule has 1 aromatic rings. The Morgan fingerprint density at radius 2 is 1.89 bits per heavy atom. The molecular formula is C14H21BrCl2N2. The lowest BCUT2D eigenvalue weighted by Gasteiger charge is -2.35. The molecule has 1 aliphatic heterocycles. The number of halogens is 3. The maximum absolute atomic E-state index is 3.89. The Balaban J connectivity index is 0.00000162. The number of nitrogens with one attached hydrogen (secondary N) is 1. The third kappa shape index (κ3) is 5.09. The number of rotatable bonds is 4. The average Bonchev–Trinajstić information content (AvgIpc) is 2.38. The highest BCUT2D eigenvalue weighted by Crippen LogP contribution is 2.30. The zero-order valence-electron chi connectivity index (χ0n) is 10.8. The molecule has 1 aliphatic rings. The van der Waals surface area contributed by atoms with Gasteiger partial charge in [0.1, 0.15) is 0 Å². The molecule has 0 spiro atoms. The lowest BCUT2D eigenvalue weighted by atomic mass is 10.0. The van der Waals surface area contributed by atoms with Gasteiger partial charge in [0.25, 0.3) is 0 Å². The molecule has 0 amide bonds. The zero-order valence-corrected chi connectivity index (χ0v) is 14.1. The normalized spacial score (nSPS) is 16.9. The van der Waals surface area contributed by atoms with E-state index in [9.17, 15) is 0 Å². The first-order chi connectivity index (χ1) is 8.33. The Morgan fingerprint density at radius 1 is 1.26 bits per heavy atom. The molecule has 0 unspecified atom stereocenters. The molecule has 2 rings (SSSR count). The van der Waals surface area contributed by atoms with Gasteiger partial charge in [-0.25, -0.2) is 0 Å². The summed E-state index contributed by atoms with van der Waals surface area (Å²) in [6.45, 7) is 8.28. The van der Waals surface area contributed by atoms with Gasteiger partial charge in [0, 0.05) is 36.7 Å². The predicted octanol–water partition coefficient (Wildman–Crippen LogP) is 3.82. The van der Waals surface area contributed by atoms with Crippen LogP contribution in [-0.4, -0.2) is 31.1 Å². The molecule has 5 heteroatoms. The quantitative estimate of drug-likeness (QED) is 0.814. The Morgan fingerprint density at radius 3 is 2.47 bits per heavy atom. The zero-order chi connectivity index (χ0) is 12.1. The number of hydrogen-bond acceptors (Lipinski definition) is 2. The van der Waals surface area contributed by atoms with Crippen LogP contribution in [0.25, 0.3) is 0 Å². The fourth-order valence-electron chi connectivity index (χ4n) is 2.37. The second-order valence-electron chi connectivity index (χ2n) is 4.35. The second-order valence-corrected chi connectivity index (χ2v) is 5.20. The van der Waals surface area contributed by atoms with Crippen molar-refractivity contribution in [2.24, 2.45) is 0 Å². The van der Waals surface area contributed by atoms with Crippen molar-refractivity contribution in [2.45, 2.75) is 12.5 Å². The Hall–Kier alpha value is -0.0600. The SMILES string of the molecule is C=CC[C@@H](c1ccccc1Br)N1CCNCC1.Cl.Cl. The first-order valence-electron chi connectivity index (χ1n) is 6.13. The first kappa shape index (κ1) is 18.9. The largest absolute Gasteiger partial charge is 0.314 e. The highest BCUT2D eigenvalue weighted by Gasteiger charge is 2.22. The molecule has 2 nitrogen and oxygen atoms in total. The molecular weight excluding hydrogens is 347 g/mol. The van der Waals surface area contributed by atoms with Gasteiger partial charge in [-0.2, -0.15) is 0 Å². The van der Waals surface area contributed by atoms with Crippen LogP contribution in [0.3, 0.4) is 0 Å². The van der Waals surface area contributed by atoms with E-state index in [4.69, 9.17) is 0 Å². The van der Waals surface area contributed by atoms with Crippen LogP contribution in [0, 0.1) is 0 Å². The summed E-state index contributed by atoms with van der Waals surface area (Å²) in [6, 6.07) is 8.95. The Labute approximate surface area is 136 Å². The van der Waals surface area contributed by atoms with E-state index in [1.165, 1.54) is 10.0 Å². The summed E-state index contributed by atoms with van der Waals surface area (Å²) in [4.78, 5) is 2.54. The van der Waals surface area contributed by atoms with Crippen molar-refractivity contribution in [1.82, 2.24) is 10.2 Å². The van der Waals surface area contributed by atoms with Gasteiger partial charge < -0.3 is 5.32 Å². The van der Waals surface area contributed by atoms with Gasteiger partial charge in [0.2, 0.25) is 0 Å². The van der Waals surface area contributed by atoms with E-state index in [2.05, 4.69) is 57.0 Å². The van der Waals surface area contributed by atoms with Crippen molar-refractivity contribution in [3.8, 4) is 0 Å². The highest BCUT2D eigenvalue weighted by molar-refractivity contribution is 9.10. The molecule has 1 saturated heterocycles. The first-order valence-corrected chi connectivity index (χ1v) is 6.92. The van der Waals surface area contributed by atoms with E-state index in [1.54, 1.807) is 0 Å². The molecule has 1 heterocycles. The number of benzene rings is 1. The summed E-state index contributed by atoms with van der Waals surface area (Å²) in [5.74, 6) is 0. The van der Waals surface area contributed by atoms with Gasteiger partial charge in [-0.05, 0) is 18.1 Å². The topological polar surface area (TPSA) is 15.3 Å². The monoisotopic (exact) mass is 366 g/mol. The summed E-state index contributed by atoms with van der Waals surface area (Å²) < 4.78 is 1.20. The molecule has 0 aliphatic carbocycles. The van der Waals surface area contributed by atoms with Gasteiger partial charge in [-0.3, -0.25) is 4.90 Å². The van der Waals surface area contributed by atoms with Crippen molar-refractivity contribution in [2.75, 3.05) is 26.2 Å². The van der Waals surface area contributed by atoms with Crippen LogP contribution in [0.5, 0.6) is 0 Å². The second kappa shape index (κ2) is 9.78. The van der Waals surface area contributed by atoms with Crippen molar-refractivity contribution < 1.29 is 0 Å². The maximum Gasteiger partial charge on any atom is 0.0394 e. The van der Waals surface area contributed by atoms with E-state index in [0.717, 1.165) is 32.6 Å². The summed E-state index contributed by atoms with van der Waals surface area (Å²) >= 11 is 3.66. The van der Waals surface area contributed by atoms with Gasteiger partial charge >= 0.3 is 0 Å². The van der Waals surface area contributed by atoms with E-state index in [0.29, 0.717) is 6.04 Å². The van der Waals surface area contributed by atoms with Crippen LogP contribution in [-0.2, 0) is 0 Å². The molecule has 1 atom stereocenters. The van der Waals surface area contributed by atoms with Gasteiger partial charge in [-0.15, -0.1) is 31.4 Å². The molecule has 108 valence electrons. The lowest BCUT2D eigenvalue weighted by molar-refractivity contribution is 0.174. The maximum atomic E-state index is 3.89. The number of hydrogen-bond donors (Lipinski definition) is 1. The standard InChI is InChI=1S/C14H19BrN2.2ClH/c1-2-5-14(17-10-8-16-9-11-17)12-6-3-4-7-13(12)15;;/h2-4,6-7,14,16H,1,5,8-11H2;2*1H/t14-;;/m0../s1. The summed E-state index contributed by atoms with van der Waals surface area (Å²) in [6.07, 6.45) is 3.02. The number of nitrogens with zero attached hydrogens (tertiary/aromatic N) is 1. The molecule has 19 heavy (non-hydrogen) atoms. The van der Waals surface area contributed by atoms with Crippen LogP contribution < -0.4 is 5.32 Å². The van der Waals surface area contributed by atoms with Crippen LogP contribution in [0.2, 0.25) is 0 Å². The molecule has 0 radical (unpaired) electrons. The summed E-state index contributed by atoms with van der Waals surface area (Å²) in [5.41, 5.74) is 1.37. The molecule has 0 aromatic heterocycles. The fraction of sp³-hybridized carbons (Fsp3) is 0.429. The van der Waals surface area contributed by atoms with Crippen LogP contribution in [0.4, 0.5) is 0 Å².